The molecular weight excluding hydrogens is 202 g/mol. The van der Waals surface area contributed by atoms with Gasteiger partial charge in [0, 0.05) is 13.1 Å². The summed E-state index contributed by atoms with van der Waals surface area (Å²) in [4.78, 5) is 13.8. The molecule has 3 N–H and O–H groups in total. The van der Waals surface area contributed by atoms with Gasteiger partial charge in [0.05, 0.1) is 6.04 Å². The van der Waals surface area contributed by atoms with Gasteiger partial charge in [0.1, 0.15) is 0 Å². The summed E-state index contributed by atoms with van der Waals surface area (Å²) in [6, 6.07) is -0.346. The molecule has 1 rings (SSSR count). The number of carbonyl (C=O) groups excluding carboxylic acids is 1. The Labute approximate surface area is 98.6 Å². The fraction of sp³-hybridized carbons (Fsp3) is 0.917. The molecule has 1 atom stereocenters. The van der Waals surface area contributed by atoms with Crippen LogP contribution in [0.5, 0.6) is 0 Å². The van der Waals surface area contributed by atoms with E-state index in [4.69, 9.17) is 5.73 Å². The van der Waals surface area contributed by atoms with Crippen molar-refractivity contribution in [2.75, 3.05) is 26.2 Å². The van der Waals surface area contributed by atoms with Gasteiger partial charge in [-0.15, -0.1) is 0 Å². The molecule has 1 heterocycles. The summed E-state index contributed by atoms with van der Waals surface area (Å²) in [5, 5.41) is 2.89. The number of nitrogens with one attached hydrogen (secondary N) is 1. The number of piperidine rings is 1. The molecule has 0 bridgehead atoms. The van der Waals surface area contributed by atoms with Crippen molar-refractivity contribution in [2.45, 2.75) is 39.2 Å². The quantitative estimate of drug-likeness (QED) is 0.722. The molecule has 4 heteroatoms. The number of hydrogen-bond acceptors (Lipinski definition) is 3. The summed E-state index contributed by atoms with van der Waals surface area (Å²) in [6.45, 7) is 8.24. The predicted molar refractivity (Wildman–Crippen MR) is 66.1 cm³/mol. The molecule has 4 nitrogen and oxygen atoms in total. The normalized spacial score (nSPS) is 20.7. The van der Waals surface area contributed by atoms with Gasteiger partial charge in [-0.3, -0.25) is 4.79 Å². The highest BCUT2D eigenvalue weighted by Gasteiger charge is 2.15. The lowest BCUT2D eigenvalue weighted by Crippen LogP contribution is -2.44. The highest BCUT2D eigenvalue weighted by molar-refractivity contribution is 5.81. The van der Waals surface area contributed by atoms with E-state index >= 15 is 0 Å². The van der Waals surface area contributed by atoms with E-state index in [2.05, 4.69) is 17.1 Å². The van der Waals surface area contributed by atoms with Crippen LogP contribution in [0.3, 0.4) is 0 Å². The first kappa shape index (κ1) is 13.5. The van der Waals surface area contributed by atoms with Crippen molar-refractivity contribution in [3.63, 3.8) is 0 Å². The van der Waals surface area contributed by atoms with Crippen LogP contribution in [0.4, 0.5) is 0 Å². The fourth-order valence-electron chi connectivity index (χ4n) is 1.94. The van der Waals surface area contributed by atoms with Crippen molar-refractivity contribution in [1.29, 1.82) is 0 Å². The van der Waals surface area contributed by atoms with Gasteiger partial charge in [-0.05, 0) is 38.3 Å². The lowest BCUT2D eigenvalue weighted by Gasteiger charge is -2.30. The molecule has 0 aromatic rings. The van der Waals surface area contributed by atoms with E-state index in [1.54, 1.807) is 0 Å². The van der Waals surface area contributed by atoms with Gasteiger partial charge in [0.2, 0.25) is 5.91 Å². The van der Waals surface area contributed by atoms with Gasteiger partial charge in [-0.25, -0.2) is 0 Å². The van der Waals surface area contributed by atoms with Crippen LogP contribution in [0.25, 0.3) is 0 Å². The maximum atomic E-state index is 11.4. The summed E-state index contributed by atoms with van der Waals surface area (Å²) in [5.74, 6) is 0.840. The first-order valence-corrected chi connectivity index (χ1v) is 6.39. The maximum Gasteiger partial charge on any atom is 0.236 e. The van der Waals surface area contributed by atoms with E-state index in [1.807, 2.05) is 6.92 Å². The number of hydrogen-bond donors (Lipinski definition) is 2. The molecule has 0 aromatic heterocycles. The number of carbonyl (C=O) groups is 1. The van der Waals surface area contributed by atoms with Crippen LogP contribution in [-0.2, 0) is 4.79 Å². The zero-order chi connectivity index (χ0) is 12.0. The molecule has 0 saturated carbocycles. The zero-order valence-corrected chi connectivity index (χ0v) is 10.5. The average molecular weight is 227 g/mol. The molecule has 94 valence electrons. The van der Waals surface area contributed by atoms with Gasteiger partial charge >= 0.3 is 0 Å². The van der Waals surface area contributed by atoms with Crippen LogP contribution < -0.4 is 11.1 Å². The topological polar surface area (TPSA) is 58.4 Å². The molecule has 1 aliphatic rings. The Morgan fingerprint density at radius 1 is 1.50 bits per heavy atom. The number of amides is 1. The van der Waals surface area contributed by atoms with Crippen LogP contribution >= 0.6 is 0 Å². The number of nitrogens with zero attached hydrogens (tertiary/aromatic N) is 1. The zero-order valence-electron chi connectivity index (χ0n) is 10.5. The van der Waals surface area contributed by atoms with Gasteiger partial charge in [0.15, 0.2) is 0 Å². The van der Waals surface area contributed by atoms with Gasteiger partial charge < -0.3 is 16.0 Å². The van der Waals surface area contributed by atoms with Crippen molar-refractivity contribution < 1.29 is 4.79 Å². The number of rotatable bonds is 5. The van der Waals surface area contributed by atoms with Crippen LogP contribution in [0.2, 0.25) is 0 Å². The Morgan fingerprint density at radius 2 is 2.12 bits per heavy atom. The molecule has 1 aliphatic heterocycles. The second-order valence-corrected chi connectivity index (χ2v) is 4.83. The summed E-state index contributed by atoms with van der Waals surface area (Å²) in [5.41, 5.74) is 5.63. The Morgan fingerprint density at radius 3 is 2.69 bits per heavy atom. The van der Waals surface area contributed by atoms with E-state index in [1.165, 1.54) is 12.8 Å². The average Bonchev–Trinajstić information content (AvgIpc) is 2.30. The number of nitrogens with two attached hydrogens (primary N) is 1. The molecule has 1 unspecified atom stereocenters. The van der Waals surface area contributed by atoms with E-state index < -0.39 is 0 Å². The summed E-state index contributed by atoms with van der Waals surface area (Å²) in [6.07, 6.45) is 3.26. The largest absolute Gasteiger partial charge is 0.353 e. The molecule has 0 aromatic carbocycles. The van der Waals surface area contributed by atoms with Crippen molar-refractivity contribution >= 4 is 5.91 Å². The van der Waals surface area contributed by atoms with Gasteiger partial charge in [-0.1, -0.05) is 13.8 Å². The first-order valence-electron chi connectivity index (χ1n) is 6.39. The van der Waals surface area contributed by atoms with Gasteiger partial charge in [0.25, 0.3) is 0 Å². The highest BCUT2D eigenvalue weighted by atomic mass is 16.2. The second kappa shape index (κ2) is 6.86. The van der Waals surface area contributed by atoms with Crippen molar-refractivity contribution in [2.24, 2.45) is 11.7 Å². The van der Waals surface area contributed by atoms with Crippen LogP contribution in [0.1, 0.15) is 33.1 Å². The monoisotopic (exact) mass is 227 g/mol. The molecule has 1 saturated heterocycles. The molecule has 1 amide bonds. The summed E-state index contributed by atoms with van der Waals surface area (Å²) < 4.78 is 0. The Balaban J connectivity index is 2.09. The first-order chi connectivity index (χ1) is 7.63. The lowest BCUT2D eigenvalue weighted by molar-refractivity contribution is -0.122. The second-order valence-electron chi connectivity index (χ2n) is 4.83. The van der Waals surface area contributed by atoms with E-state index in [0.717, 1.165) is 32.1 Å². The third kappa shape index (κ3) is 4.49. The summed E-state index contributed by atoms with van der Waals surface area (Å²) >= 11 is 0. The molecule has 16 heavy (non-hydrogen) atoms. The molecule has 0 spiro atoms. The molecule has 0 aliphatic carbocycles. The van der Waals surface area contributed by atoms with Crippen molar-refractivity contribution in [1.82, 2.24) is 10.2 Å². The summed E-state index contributed by atoms with van der Waals surface area (Å²) in [7, 11) is 0. The minimum absolute atomic E-state index is 0.0205. The Kier molecular flexibility index (Phi) is 5.77. The van der Waals surface area contributed by atoms with Crippen LogP contribution in [0.15, 0.2) is 0 Å². The predicted octanol–water partition coefficient (Wildman–Crippen LogP) is 0.572. The third-order valence-corrected chi connectivity index (χ3v) is 3.38. The molecular formula is C12H25N3O. The molecule has 0 radical (unpaired) electrons. The molecule has 1 fully saturated rings. The standard InChI is InChI=1S/C12H25N3O/c1-3-11(13)12(16)14-6-9-15-7-4-10(2)5-8-15/h10-11H,3-9,13H2,1-2H3,(H,14,16). The lowest BCUT2D eigenvalue weighted by atomic mass is 9.99. The van der Waals surface area contributed by atoms with E-state index in [9.17, 15) is 4.79 Å². The third-order valence-electron chi connectivity index (χ3n) is 3.38. The van der Waals surface area contributed by atoms with Crippen molar-refractivity contribution in [3.05, 3.63) is 0 Å². The highest BCUT2D eigenvalue weighted by Crippen LogP contribution is 2.14. The van der Waals surface area contributed by atoms with Gasteiger partial charge in [-0.2, -0.15) is 0 Å². The maximum absolute atomic E-state index is 11.4. The van der Waals surface area contributed by atoms with Crippen molar-refractivity contribution in [3.8, 4) is 0 Å². The minimum atomic E-state index is -0.346. The van der Waals surface area contributed by atoms with E-state index in [0.29, 0.717) is 6.42 Å². The SMILES string of the molecule is CCC(N)C(=O)NCCN1CCC(C)CC1. The minimum Gasteiger partial charge on any atom is -0.353 e. The van der Waals surface area contributed by atoms with Crippen LogP contribution in [0, 0.1) is 5.92 Å². The van der Waals surface area contributed by atoms with Crippen LogP contribution in [-0.4, -0.2) is 43.0 Å². The smallest absolute Gasteiger partial charge is 0.236 e. The number of likely N-dealkylation sites (tertiary alicyclic amines) is 1. The Hall–Kier alpha value is -0.610. The van der Waals surface area contributed by atoms with E-state index in [-0.39, 0.29) is 11.9 Å². The Bertz CT molecular complexity index is 212. The fourth-order valence-corrected chi connectivity index (χ4v) is 1.94.